The number of ether oxygens (including phenoxy) is 1. The van der Waals surface area contributed by atoms with Crippen LogP contribution in [0.1, 0.15) is 50.0 Å². The largest absolute Gasteiger partial charge is 0.497 e. The molecule has 1 saturated heterocycles. The Kier molecular flexibility index (Phi) is 4.47. The third-order valence-corrected chi connectivity index (χ3v) is 4.77. The van der Waals surface area contributed by atoms with Gasteiger partial charge in [0.15, 0.2) is 0 Å². The highest BCUT2D eigenvalue weighted by molar-refractivity contribution is 5.76. The lowest BCUT2D eigenvalue weighted by Gasteiger charge is -2.25. The first-order chi connectivity index (χ1) is 10.3. The van der Waals surface area contributed by atoms with Gasteiger partial charge in [0.2, 0.25) is 5.91 Å². The Hall–Kier alpha value is -1.51. The molecule has 1 heterocycles. The van der Waals surface area contributed by atoms with E-state index in [1.54, 1.807) is 7.11 Å². The minimum absolute atomic E-state index is 0.373. The monoisotopic (exact) mass is 287 g/mol. The Labute approximate surface area is 127 Å². The van der Waals surface area contributed by atoms with E-state index in [1.165, 1.54) is 31.2 Å². The lowest BCUT2D eigenvalue weighted by Crippen LogP contribution is -2.34. The van der Waals surface area contributed by atoms with E-state index < -0.39 is 0 Å². The third kappa shape index (κ3) is 3.78. The van der Waals surface area contributed by atoms with E-state index in [1.807, 2.05) is 12.1 Å². The summed E-state index contributed by atoms with van der Waals surface area (Å²) in [6.45, 7) is 1.83. The van der Waals surface area contributed by atoms with Gasteiger partial charge >= 0.3 is 0 Å². The molecule has 1 aliphatic carbocycles. The van der Waals surface area contributed by atoms with Gasteiger partial charge in [0, 0.05) is 25.4 Å². The molecule has 3 nitrogen and oxygen atoms in total. The minimum Gasteiger partial charge on any atom is -0.497 e. The predicted octanol–water partition coefficient (Wildman–Crippen LogP) is 3.59. The highest BCUT2D eigenvalue weighted by Crippen LogP contribution is 2.34. The van der Waals surface area contributed by atoms with E-state index >= 15 is 0 Å². The van der Waals surface area contributed by atoms with Crippen molar-refractivity contribution in [2.75, 3.05) is 20.2 Å². The summed E-state index contributed by atoms with van der Waals surface area (Å²) in [5, 5.41) is 0. The molecule has 0 aromatic heterocycles. The molecule has 0 N–H and O–H groups in total. The molecule has 0 unspecified atom stereocenters. The van der Waals surface area contributed by atoms with Crippen molar-refractivity contribution in [2.24, 2.45) is 5.92 Å². The number of carbonyl (C=O) groups is 1. The summed E-state index contributed by atoms with van der Waals surface area (Å²) < 4.78 is 5.23. The summed E-state index contributed by atoms with van der Waals surface area (Å²) >= 11 is 0. The number of carbonyl (C=O) groups excluding carboxylic acids is 1. The molecule has 3 heteroatoms. The van der Waals surface area contributed by atoms with Crippen molar-refractivity contribution in [3.8, 4) is 5.75 Å². The molecule has 1 aromatic carbocycles. The fraction of sp³-hybridized carbons (Fsp3) is 0.611. The molecule has 1 saturated carbocycles. The average Bonchev–Trinajstić information content (AvgIpc) is 3.33. The molecule has 21 heavy (non-hydrogen) atoms. The van der Waals surface area contributed by atoms with Crippen LogP contribution < -0.4 is 4.74 Å². The van der Waals surface area contributed by atoms with Gasteiger partial charge in [0.1, 0.15) is 5.75 Å². The molecule has 2 fully saturated rings. The van der Waals surface area contributed by atoms with Crippen LogP contribution in [0, 0.1) is 5.92 Å². The number of hydrogen-bond donors (Lipinski definition) is 0. The van der Waals surface area contributed by atoms with Crippen molar-refractivity contribution in [1.29, 1.82) is 0 Å². The Morgan fingerprint density at radius 3 is 2.62 bits per heavy atom. The molecule has 2 aliphatic rings. The zero-order chi connectivity index (χ0) is 14.7. The van der Waals surface area contributed by atoms with Crippen LogP contribution in [0.2, 0.25) is 0 Å². The smallest absolute Gasteiger partial charge is 0.222 e. The summed E-state index contributed by atoms with van der Waals surface area (Å²) in [7, 11) is 1.69. The van der Waals surface area contributed by atoms with Crippen LogP contribution in [0.3, 0.4) is 0 Å². The number of likely N-dealkylation sites (tertiary alicyclic amines) is 1. The summed E-state index contributed by atoms with van der Waals surface area (Å²) in [5.41, 5.74) is 1.34. The second-order valence-corrected chi connectivity index (χ2v) is 6.45. The van der Waals surface area contributed by atoms with Gasteiger partial charge in [-0.15, -0.1) is 0 Å². The maximum atomic E-state index is 12.4. The third-order valence-electron chi connectivity index (χ3n) is 4.77. The Balaban J connectivity index is 1.66. The summed E-state index contributed by atoms with van der Waals surface area (Å²) in [6, 6.07) is 8.35. The van der Waals surface area contributed by atoms with Crippen LogP contribution in [0.5, 0.6) is 5.75 Å². The fourth-order valence-corrected chi connectivity index (χ4v) is 3.21. The lowest BCUT2D eigenvalue weighted by atomic mass is 9.94. The zero-order valence-electron chi connectivity index (χ0n) is 12.9. The molecular formula is C18H25NO2. The Bertz CT molecular complexity index is 478. The molecule has 0 radical (unpaired) electrons. The Morgan fingerprint density at radius 1 is 1.19 bits per heavy atom. The van der Waals surface area contributed by atoms with Crippen molar-refractivity contribution in [1.82, 2.24) is 4.90 Å². The quantitative estimate of drug-likeness (QED) is 0.847. The van der Waals surface area contributed by atoms with Crippen LogP contribution in [0.4, 0.5) is 0 Å². The average molecular weight is 287 g/mol. The molecule has 0 spiro atoms. The second-order valence-electron chi connectivity index (χ2n) is 6.45. The van der Waals surface area contributed by atoms with Crippen LogP contribution in [-0.4, -0.2) is 31.0 Å². The van der Waals surface area contributed by atoms with Gasteiger partial charge < -0.3 is 9.64 Å². The standard InChI is InChI=1S/C18H25NO2/c1-21-17-9-7-15(8-10-17)16-4-2-3-11-19(13-16)18(20)12-14-5-6-14/h7-10,14,16H,2-6,11-13H2,1H3/t16-/m1/s1. The van der Waals surface area contributed by atoms with E-state index in [-0.39, 0.29) is 0 Å². The van der Waals surface area contributed by atoms with Gasteiger partial charge in [0.25, 0.3) is 0 Å². The van der Waals surface area contributed by atoms with Gasteiger partial charge in [-0.05, 0) is 49.3 Å². The van der Waals surface area contributed by atoms with Crippen molar-refractivity contribution in [3.63, 3.8) is 0 Å². The SMILES string of the molecule is COc1ccc([C@@H]2CCCCN(C(=O)CC3CC3)C2)cc1. The second kappa shape index (κ2) is 6.50. The van der Waals surface area contributed by atoms with Gasteiger partial charge in [-0.2, -0.15) is 0 Å². The van der Waals surface area contributed by atoms with Gasteiger partial charge in [-0.25, -0.2) is 0 Å². The fourth-order valence-electron chi connectivity index (χ4n) is 3.21. The zero-order valence-corrected chi connectivity index (χ0v) is 12.9. The molecule has 0 bridgehead atoms. The molecule has 1 aliphatic heterocycles. The van der Waals surface area contributed by atoms with E-state index in [0.717, 1.165) is 31.7 Å². The minimum atomic E-state index is 0.373. The van der Waals surface area contributed by atoms with E-state index in [2.05, 4.69) is 17.0 Å². The maximum Gasteiger partial charge on any atom is 0.222 e. The molecular weight excluding hydrogens is 262 g/mol. The van der Waals surface area contributed by atoms with Crippen molar-refractivity contribution in [2.45, 2.75) is 44.4 Å². The normalized spacial score (nSPS) is 22.7. The van der Waals surface area contributed by atoms with Crippen LogP contribution in [0.15, 0.2) is 24.3 Å². The summed E-state index contributed by atoms with van der Waals surface area (Å²) in [5.74, 6) is 2.42. The first-order valence-electron chi connectivity index (χ1n) is 8.18. The molecule has 1 aromatic rings. The molecule has 1 amide bonds. The number of hydrogen-bond acceptors (Lipinski definition) is 2. The van der Waals surface area contributed by atoms with E-state index in [9.17, 15) is 4.79 Å². The summed E-state index contributed by atoms with van der Waals surface area (Å²) in [4.78, 5) is 14.5. The van der Waals surface area contributed by atoms with Crippen molar-refractivity contribution in [3.05, 3.63) is 29.8 Å². The number of rotatable bonds is 4. The molecule has 1 atom stereocenters. The lowest BCUT2D eigenvalue weighted by molar-refractivity contribution is -0.131. The van der Waals surface area contributed by atoms with Gasteiger partial charge in [-0.1, -0.05) is 18.6 Å². The predicted molar refractivity (Wildman–Crippen MR) is 83.5 cm³/mol. The van der Waals surface area contributed by atoms with Gasteiger partial charge in [0.05, 0.1) is 7.11 Å². The van der Waals surface area contributed by atoms with Crippen molar-refractivity contribution < 1.29 is 9.53 Å². The Morgan fingerprint density at radius 2 is 1.95 bits per heavy atom. The van der Waals surface area contributed by atoms with E-state index in [0.29, 0.717) is 17.7 Å². The number of methoxy groups -OCH3 is 1. The van der Waals surface area contributed by atoms with E-state index in [4.69, 9.17) is 4.74 Å². The first kappa shape index (κ1) is 14.4. The number of benzene rings is 1. The molecule has 114 valence electrons. The van der Waals surface area contributed by atoms with Gasteiger partial charge in [-0.3, -0.25) is 4.79 Å². The molecule has 3 rings (SSSR count). The highest BCUT2D eigenvalue weighted by atomic mass is 16.5. The highest BCUT2D eigenvalue weighted by Gasteiger charge is 2.29. The van der Waals surface area contributed by atoms with Crippen LogP contribution in [-0.2, 0) is 4.79 Å². The van der Waals surface area contributed by atoms with Crippen LogP contribution >= 0.6 is 0 Å². The topological polar surface area (TPSA) is 29.5 Å². The van der Waals surface area contributed by atoms with Crippen molar-refractivity contribution >= 4 is 5.91 Å². The van der Waals surface area contributed by atoms with Crippen LogP contribution in [0.25, 0.3) is 0 Å². The summed E-state index contributed by atoms with van der Waals surface area (Å²) in [6.07, 6.45) is 6.81. The first-order valence-corrected chi connectivity index (χ1v) is 8.18. The number of nitrogens with zero attached hydrogens (tertiary/aromatic N) is 1. The maximum absolute atomic E-state index is 12.4. The number of amides is 1.